The fourth-order valence-corrected chi connectivity index (χ4v) is 3.67. The molecule has 0 bridgehead atoms. The Morgan fingerprint density at radius 3 is 2.10 bits per heavy atom. The van der Waals surface area contributed by atoms with Gasteiger partial charge in [-0.1, -0.05) is 60.1 Å². The molecular weight excluding hydrogens is 398 g/mol. The van der Waals surface area contributed by atoms with Crippen LogP contribution in [0.5, 0.6) is 0 Å². The number of amides is 2. The first-order valence-corrected chi connectivity index (χ1v) is 10.2. The highest BCUT2D eigenvalue weighted by atomic mass is 35.5. The van der Waals surface area contributed by atoms with Crippen LogP contribution >= 0.6 is 11.6 Å². The van der Waals surface area contributed by atoms with E-state index in [0.717, 1.165) is 11.1 Å². The van der Waals surface area contributed by atoms with Crippen LogP contribution in [0.2, 0.25) is 5.02 Å². The van der Waals surface area contributed by atoms with Gasteiger partial charge in [-0.25, -0.2) is 4.79 Å². The highest BCUT2D eigenvalue weighted by molar-refractivity contribution is 6.30. The SMILES string of the molecule is CCO/C(=N\C(=O)Nc1ccc(Cl)cc1)N1Cc2ccccc2-c2ccccc2C1. The zero-order chi connectivity index (χ0) is 20.9. The molecule has 0 saturated heterocycles. The second kappa shape index (κ2) is 9.01. The molecule has 30 heavy (non-hydrogen) atoms. The molecule has 1 aliphatic heterocycles. The lowest BCUT2D eigenvalue weighted by atomic mass is 9.97. The smallest absolute Gasteiger partial charge is 0.349 e. The van der Waals surface area contributed by atoms with E-state index in [0.29, 0.717) is 36.4 Å². The monoisotopic (exact) mass is 419 g/mol. The Hall–Kier alpha value is -3.31. The Morgan fingerprint density at radius 2 is 1.53 bits per heavy atom. The van der Waals surface area contributed by atoms with Gasteiger partial charge in [-0.05, 0) is 53.4 Å². The van der Waals surface area contributed by atoms with Crippen molar-refractivity contribution in [2.45, 2.75) is 20.0 Å². The number of benzene rings is 3. The molecule has 1 N–H and O–H groups in total. The molecule has 0 saturated carbocycles. The van der Waals surface area contributed by atoms with Gasteiger partial charge in [0.2, 0.25) is 0 Å². The van der Waals surface area contributed by atoms with Crippen molar-refractivity contribution in [3.05, 3.63) is 88.9 Å². The van der Waals surface area contributed by atoms with Gasteiger partial charge in [-0.15, -0.1) is 4.99 Å². The van der Waals surface area contributed by atoms with Crippen LogP contribution in [-0.4, -0.2) is 23.6 Å². The van der Waals surface area contributed by atoms with Gasteiger partial charge in [0.15, 0.2) is 0 Å². The van der Waals surface area contributed by atoms with E-state index in [-0.39, 0.29) is 0 Å². The molecule has 4 rings (SSSR count). The number of hydrogen-bond donors (Lipinski definition) is 1. The number of aliphatic imine (C=N–C) groups is 1. The lowest BCUT2D eigenvalue weighted by Gasteiger charge is -2.24. The zero-order valence-electron chi connectivity index (χ0n) is 16.6. The second-order valence-electron chi connectivity index (χ2n) is 6.93. The van der Waals surface area contributed by atoms with Gasteiger partial charge in [0.05, 0.1) is 6.61 Å². The number of nitrogens with one attached hydrogen (secondary N) is 1. The average molecular weight is 420 g/mol. The molecule has 0 aliphatic carbocycles. The van der Waals surface area contributed by atoms with Crippen LogP contribution in [0.3, 0.4) is 0 Å². The lowest BCUT2D eigenvalue weighted by Crippen LogP contribution is -2.33. The highest BCUT2D eigenvalue weighted by Crippen LogP contribution is 2.32. The number of halogens is 1. The number of rotatable bonds is 2. The topological polar surface area (TPSA) is 53.9 Å². The largest absolute Gasteiger partial charge is 0.465 e. The van der Waals surface area contributed by atoms with Crippen LogP contribution in [0.4, 0.5) is 10.5 Å². The lowest BCUT2D eigenvalue weighted by molar-refractivity contribution is 0.230. The highest BCUT2D eigenvalue weighted by Gasteiger charge is 2.23. The van der Waals surface area contributed by atoms with Crippen molar-refractivity contribution in [1.82, 2.24) is 4.90 Å². The number of carbonyl (C=O) groups excluding carboxylic acids is 1. The predicted octanol–water partition coefficient (Wildman–Crippen LogP) is 5.95. The summed E-state index contributed by atoms with van der Waals surface area (Å²) in [6.45, 7) is 3.48. The number of amidine groups is 1. The summed E-state index contributed by atoms with van der Waals surface area (Å²) in [7, 11) is 0. The predicted molar refractivity (Wildman–Crippen MR) is 121 cm³/mol. The molecule has 1 heterocycles. The van der Waals surface area contributed by atoms with Gasteiger partial charge in [-0.2, -0.15) is 0 Å². The Bertz CT molecular complexity index is 1030. The number of ether oxygens (including phenoxy) is 1. The minimum atomic E-state index is -0.494. The van der Waals surface area contributed by atoms with Crippen molar-refractivity contribution in [2.75, 3.05) is 11.9 Å². The van der Waals surface area contributed by atoms with Gasteiger partial charge in [0.1, 0.15) is 0 Å². The van der Waals surface area contributed by atoms with Crippen LogP contribution < -0.4 is 5.32 Å². The average Bonchev–Trinajstić information content (AvgIpc) is 2.92. The summed E-state index contributed by atoms with van der Waals surface area (Å²) >= 11 is 5.91. The fraction of sp³-hybridized carbons (Fsp3) is 0.167. The minimum absolute atomic E-state index is 0.301. The van der Waals surface area contributed by atoms with E-state index in [1.807, 2.05) is 36.1 Å². The number of carbonyl (C=O) groups is 1. The van der Waals surface area contributed by atoms with Crippen molar-refractivity contribution in [3.63, 3.8) is 0 Å². The first-order valence-electron chi connectivity index (χ1n) is 9.83. The van der Waals surface area contributed by atoms with Crippen molar-refractivity contribution >= 4 is 29.3 Å². The van der Waals surface area contributed by atoms with E-state index in [4.69, 9.17) is 16.3 Å². The van der Waals surface area contributed by atoms with Crippen molar-refractivity contribution in [2.24, 2.45) is 4.99 Å². The summed E-state index contributed by atoms with van der Waals surface area (Å²) in [5.41, 5.74) is 5.32. The third-order valence-corrected chi connectivity index (χ3v) is 5.14. The number of fused-ring (bicyclic) bond motifs is 3. The summed E-state index contributed by atoms with van der Waals surface area (Å²) in [4.78, 5) is 18.8. The molecule has 0 spiro atoms. The van der Waals surface area contributed by atoms with E-state index in [1.54, 1.807) is 24.3 Å². The number of nitrogens with zero attached hydrogens (tertiary/aromatic N) is 2. The molecule has 0 unspecified atom stereocenters. The molecule has 3 aromatic rings. The van der Waals surface area contributed by atoms with E-state index in [1.165, 1.54) is 11.1 Å². The van der Waals surface area contributed by atoms with E-state index in [2.05, 4.69) is 34.6 Å². The standard InChI is InChI=1S/C24H22ClN3O2/c1-2-30-24(27-23(29)26-20-13-11-19(25)12-14-20)28-15-17-7-3-5-9-21(17)22-10-6-4-8-18(22)16-28/h3-14H,2,15-16H2,1H3,(H,26,29)/b27-24-. The molecule has 2 amide bonds. The Labute approximate surface area is 181 Å². The molecule has 0 atom stereocenters. The summed E-state index contributed by atoms with van der Waals surface area (Å²) in [6, 6.07) is 23.3. The fourth-order valence-electron chi connectivity index (χ4n) is 3.54. The van der Waals surface area contributed by atoms with Crippen molar-refractivity contribution in [3.8, 4) is 11.1 Å². The maximum absolute atomic E-state index is 12.6. The van der Waals surface area contributed by atoms with E-state index in [9.17, 15) is 4.79 Å². The summed E-state index contributed by atoms with van der Waals surface area (Å²) in [5, 5.41) is 3.36. The molecule has 0 fully saturated rings. The number of anilines is 1. The molecular formula is C24H22ClN3O2. The van der Waals surface area contributed by atoms with Gasteiger partial charge in [0.25, 0.3) is 6.02 Å². The van der Waals surface area contributed by atoms with E-state index < -0.39 is 6.03 Å². The summed E-state index contributed by atoms with van der Waals surface area (Å²) in [5.74, 6) is 0. The van der Waals surface area contributed by atoms with Crippen molar-refractivity contribution < 1.29 is 9.53 Å². The Kier molecular flexibility index (Phi) is 6.00. The van der Waals surface area contributed by atoms with Crippen LogP contribution in [0.15, 0.2) is 77.8 Å². The Morgan fingerprint density at radius 1 is 0.967 bits per heavy atom. The quantitative estimate of drug-likeness (QED) is 0.412. The van der Waals surface area contributed by atoms with Crippen LogP contribution in [-0.2, 0) is 17.8 Å². The number of hydrogen-bond acceptors (Lipinski definition) is 2. The van der Waals surface area contributed by atoms with Gasteiger partial charge in [-0.3, -0.25) is 0 Å². The molecule has 152 valence electrons. The normalized spacial score (nSPS) is 13.1. The Balaban J connectivity index is 1.64. The minimum Gasteiger partial charge on any atom is -0.465 e. The summed E-state index contributed by atoms with van der Waals surface area (Å²) < 4.78 is 5.79. The maximum atomic E-state index is 12.6. The third-order valence-electron chi connectivity index (χ3n) is 4.88. The number of urea groups is 1. The van der Waals surface area contributed by atoms with Crippen LogP contribution in [0.1, 0.15) is 18.1 Å². The third kappa shape index (κ3) is 4.47. The molecule has 6 heteroatoms. The zero-order valence-corrected chi connectivity index (χ0v) is 17.4. The first kappa shape index (κ1) is 20.0. The molecule has 0 radical (unpaired) electrons. The van der Waals surface area contributed by atoms with Crippen LogP contribution in [0.25, 0.3) is 11.1 Å². The van der Waals surface area contributed by atoms with Crippen LogP contribution in [0, 0.1) is 0 Å². The van der Waals surface area contributed by atoms with Crippen molar-refractivity contribution in [1.29, 1.82) is 0 Å². The summed E-state index contributed by atoms with van der Waals surface area (Å²) in [6.07, 6.45) is 0. The molecule has 3 aromatic carbocycles. The first-order chi connectivity index (χ1) is 14.6. The van der Waals surface area contributed by atoms with E-state index >= 15 is 0 Å². The van der Waals surface area contributed by atoms with Gasteiger partial charge in [0, 0.05) is 23.8 Å². The van der Waals surface area contributed by atoms with Gasteiger partial charge >= 0.3 is 6.03 Å². The van der Waals surface area contributed by atoms with Gasteiger partial charge < -0.3 is 15.0 Å². The molecule has 1 aliphatic rings. The maximum Gasteiger partial charge on any atom is 0.349 e. The second-order valence-corrected chi connectivity index (χ2v) is 7.37. The molecule has 0 aromatic heterocycles. The molecule has 5 nitrogen and oxygen atoms in total.